The Morgan fingerprint density at radius 3 is 2.25 bits per heavy atom. The molecule has 0 aliphatic heterocycles. The highest BCUT2D eigenvalue weighted by molar-refractivity contribution is 5.84. The third kappa shape index (κ3) is 2.07. The minimum atomic E-state index is -0.688. The molecule has 2 nitrogen and oxygen atoms in total. The molecule has 1 fully saturated rings. The number of ketones is 1. The van der Waals surface area contributed by atoms with Gasteiger partial charge >= 0.3 is 0 Å². The molecule has 0 radical (unpaired) electrons. The summed E-state index contributed by atoms with van der Waals surface area (Å²) in [6.07, 6.45) is 3.71. The fourth-order valence-electron chi connectivity index (χ4n) is 1.85. The molecular weight excluding hydrogens is 152 g/mol. The molecule has 0 aromatic rings. The molecule has 0 aromatic carbocycles. The number of aliphatic hydroxyl groups is 1. The summed E-state index contributed by atoms with van der Waals surface area (Å²) in [4.78, 5) is 11.4. The van der Waals surface area contributed by atoms with Gasteiger partial charge < -0.3 is 5.11 Å². The zero-order valence-electron chi connectivity index (χ0n) is 7.92. The van der Waals surface area contributed by atoms with Crippen molar-refractivity contribution in [1.29, 1.82) is 0 Å². The van der Waals surface area contributed by atoms with E-state index in [-0.39, 0.29) is 17.6 Å². The lowest BCUT2D eigenvalue weighted by Crippen LogP contribution is -2.31. The van der Waals surface area contributed by atoms with Crippen LogP contribution < -0.4 is 0 Å². The van der Waals surface area contributed by atoms with Gasteiger partial charge in [-0.3, -0.25) is 4.79 Å². The Morgan fingerprint density at radius 2 is 1.83 bits per heavy atom. The van der Waals surface area contributed by atoms with Gasteiger partial charge in [0, 0.05) is 5.92 Å². The van der Waals surface area contributed by atoms with Crippen molar-refractivity contribution < 1.29 is 9.90 Å². The summed E-state index contributed by atoms with van der Waals surface area (Å²) in [5, 5.41) is 9.64. The van der Waals surface area contributed by atoms with E-state index >= 15 is 0 Å². The van der Waals surface area contributed by atoms with Crippen molar-refractivity contribution in [1.82, 2.24) is 0 Å². The summed E-state index contributed by atoms with van der Waals surface area (Å²) in [5.41, 5.74) is 0. The molecule has 1 aliphatic rings. The average molecular weight is 170 g/mol. The van der Waals surface area contributed by atoms with Crippen LogP contribution in [-0.4, -0.2) is 17.0 Å². The van der Waals surface area contributed by atoms with Crippen molar-refractivity contribution in [3.05, 3.63) is 0 Å². The quantitative estimate of drug-likeness (QED) is 0.700. The maximum atomic E-state index is 11.4. The van der Waals surface area contributed by atoms with Crippen LogP contribution in [0.3, 0.4) is 0 Å². The van der Waals surface area contributed by atoms with E-state index in [1.54, 1.807) is 0 Å². The Balaban J connectivity index is 2.45. The van der Waals surface area contributed by atoms with Crippen LogP contribution >= 0.6 is 0 Å². The molecule has 0 heterocycles. The van der Waals surface area contributed by atoms with Gasteiger partial charge in [-0.05, 0) is 18.8 Å². The number of hydrogen-bond acceptors (Lipinski definition) is 2. The van der Waals surface area contributed by atoms with Gasteiger partial charge in [-0.25, -0.2) is 0 Å². The number of aliphatic hydroxyl groups excluding tert-OH is 1. The fraction of sp³-hybridized carbons (Fsp3) is 0.900. The van der Waals surface area contributed by atoms with E-state index in [4.69, 9.17) is 0 Å². The van der Waals surface area contributed by atoms with Crippen LogP contribution in [-0.2, 0) is 4.79 Å². The Morgan fingerprint density at radius 1 is 1.33 bits per heavy atom. The average Bonchev–Trinajstić information content (AvgIpc) is 2.53. The Bertz CT molecular complexity index is 157. The van der Waals surface area contributed by atoms with Gasteiger partial charge in [-0.2, -0.15) is 0 Å². The van der Waals surface area contributed by atoms with E-state index in [9.17, 15) is 9.90 Å². The van der Waals surface area contributed by atoms with Crippen LogP contribution in [0.25, 0.3) is 0 Å². The van der Waals surface area contributed by atoms with Crippen LogP contribution in [0.2, 0.25) is 0 Å². The van der Waals surface area contributed by atoms with E-state index in [0.717, 1.165) is 12.8 Å². The Kier molecular flexibility index (Phi) is 3.27. The molecule has 1 saturated carbocycles. The molecular formula is C10H18O2. The summed E-state index contributed by atoms with van der Waals surface area (Å²) in [6, 6.07) is 0. The summed E-state index contributed by atoms with van der Waals surface area (Å²) >= 11 is 0. The highest BCUT2D eigenvalue weighted by atomic mass is 16.3. The second-order valence-corrected chi connectivity index (χ2v) is 4.05. The second kappa shape index (κ2) is 4.04. The van der Waals surface area contributed by atoms with E-state index in [1.807, 2.05) is 13.8 Å². The highest BCUT2D eigenvalue weighted by Gasteiger charge is 2.29. The van der Waals surface area contributed by atoms with Crippen molar-refractivity contribution in [3.8, 4) is 0 Å². The lowest BCUT2D eigenvalue weighted by molar-refractivity contribution is -0.132. The molecule has 0 bridgehead atoms. The van der Waals surface area contributed by atoms with Crippen molar-refractivity contribution in [3.63, 3.8) is 0 Å². The minimum Gasteiger partial charge on any atom is -0.385 e. The molecule has 0 unspecified atom stereocenters. The third-order valence-electron chi connectivity index (χ3n) is 2.71. The number of carbonyl (C=O) groups is 1. The van der Waals surface area contributed by atoms with E-state index in [1.165, 1.54) is 12.8 Å². The van der Waals surface area contributed by atoms with Gasteiger partial charge in [0.2, 0.25) is 0 Å². The van der Waals surface area contributed by atoms with E-state index < -0.39 is 6.10 Å². The molecule has 1 rings (SSSR count). The normalized spacial score (nSPS) is 21.7. The second-order valence-electron chi connectivity index (χ2n) is 4.05. The molecule has 12 heavy (non-hydrogen) atoms. The van der Waals surface area contributed by atoms with Crippen LogP contribution in [0, 0.1) is 11.8 Å². The monoisotopic (exact) mass is 170 g/mol. The van der Waals surface area contributed by atoms with Gasteiger partial charge in [0.25, 0.3) is 0 Å². The molecule has 70 valence electrons. The van der Waals surface area contributed by atoms with Crippen LogP contribution in [0.4, 0.5) is 0 Å². The van der Waals surface area contributed by atoms with Crippen LogP contribution in [0.1, 0.15) is 39.5 Å². The predicted octanol–water partition coefficient (Wildman–Crippen LogP) is 1.76. The van der Waals surface area contributed by atoms with E-state index in [2.05, 4.69) is 0 Å². The lowest BCUT2D eigenvalue weighted by atomic mass is 9.92. The van der Waals surface area contributed by atoms with Gasteiger partial charge in [0.15, 0.2) is 5.78 Å². The molecule has 0 aromatic heterocycles. The number of hydrogen-bond donors (Lipinski definition) is 1. The first kappa shape index (κ1) is 9.72. The SMILES string of the molecule is CC(C)C(=O)[C@@H](O)C1CCCC1. The van der Waals surface area contributed by atoms with Crippen molar-refractivity contribution in [2.45, 2.75) is 45.6 Å². The third-order valence-corrected chi connectivity index (χ3v) is 2.71. The maximum absolute atomic E-state index is 11.4. The van der Waals surface area contributed by atoms with Gasteiger partial charge in [-0.1, -0.05) is 26.7 Å². The zero-order valence-corrected chi connectivity index (χ0v) is 7.92. The molecule has 1 aliphatic carbocycles. The summed E-state index contributed by atoms with van der Waals surface area (Å²) < 4.78 is 0. The largest absolute Gasteiger partial charge is 0.385 e. The van der Waals surface area contributed by atoms with Crippen molar-refractivity contribution >= 4 is 5.78 Å². The molecule has 1 N–H and O–H groups in total. The molecule has 0 spiro atoms. The number of Topliss-reactive ketones (excluding diaryl/α,β-unsaturated/α-hetero) is 1. The summed E-state index contributed by atoms with van der Waals surface area (Å²) in [7, 11) is 0. The van der Waals surface area contributed by atoms with Crippen molar-refractivity contribution in [2.24, 2.45) is 11.8 Å². The topological polar surface area (TPSA) is 37.3 Å². The summed E-state index contributed by atoms with van der Waals surface area (Å²) in [6.45, 7) is 3.70. The first-order valence-electron chi connectivity index (χ1n) is 4.84. The predicted molar refractivity (Wildman–Crippen MR) is 47.8 cm³/mol. The van der Waals surface area contributed by atoms with Crippen molar-refractivity contribution in [2.75, 3.05) is 0 Å². The van der Waals surface area contributed by atoms with Crippen LogP contribution in [0.5, 0.6) is 0 Å². The smallest absolute Gasteiger partial charge is 0.164 e. The molecule has 1 atom stereocenters. The highest BCUT2D eigenvalue weighted by Crippen LogP contribution is 2.28. The first-order valence-corrected chi connectivity index (χ1v) is 4.84. The Labute approximate surface area is 74.0 Å². The van der Waals surface area contributed by atoms with Crippen LogP contribution in [0.15, 0.2) is 0 Å². The van der Waals surface area contributed by atoms with Gasteiger partial charge in [0.05, 0.1) is 0 Å². The zero-order chi connectivity index (χ0) is 9.14. The first-order chi connectivity index (χ1) is 5.63. The van der Waals surface area contributed by atoms with Gasteiger partial charge in [0.1, 0.15) is 6.10 Å². The maximum Gasteiger partial charge on any atom is 0.164 e. The fourth-order valence-corrected chi connectivity index (χ4v) is 1.85. The summed E-state index contributed by atoms with van der Waals surface area (Å²) in [5.74, 6) is 0.238. The standard InChI is InChI=1S/C10H18O2/c1-7(2)9(11)10(12)8-5-3-4-6-8/h7-8,10,12H,3-6H2,1-2H3/t10-/m0/s1. The minimum absolute atomic E-state index is 0.0156. The lowest BCUT2D eigenvalue weighted by Gasteiger charge is -2.17. The van der Waals surface area contributed by atoms with Gasteiger partial charge in [-0.15, -0.1) is 0 Å². The Hall–Kier alpha value is -0.370. The number of rotatable bonds is 3. The molecule has 2 heteroatoms. The number of carbonyl (C=O) groups excluding carboxylic acids is 1. The molecule has 0 amide bonds. The van der Waals surface area contributed by atoms with E-state index in [0.29, 0.717) is 0 Å². The molecule has 0 saturated heterocycles.